The summed E-state index contributed by atoms with van der Waals surface area (Å²) in [6.45, 7) is 1.69. The standard InChI is InChI=1S/C10H24N2S2.2ClH/c11-7-3-1-5-9-13-14-10-6-2-4-8-12;;/h1-12H2;2*1H. The van der Waals surface area contributed by atoms with Crippen LogP contribution in [0.5, 0.6) is 0 Å². The molecule has 102 valence electrons. The van der Waals surface area contributed by atoms with E-state index >= 15 is 0 Å². The molecule has 0 bridgehead atoms. The maximum Gasteiger partial charge on any atom is 0.00369 e. The zero-order chi connectivity index (χ0) is 10.5. The Kier molecular flexibility index (Phi) is 30.1. The molecule has 0 aromatic heterocycles. The Labute approximate surface area is 121 Å². The third-order valence-corrected chi connectivity index (χ3v) is 4.52. The first-order valence-electron chi connectivity index (χ1n) is 5.56. The normalized spacial score (nSPS) is 9.38. The second kappa shape index (κ2) is 21.5. The lowest BCUT2D eigenvalue weighted by Gasteiger charge is -2.00. The highest BCUT2D eigenvalue weighted by atomic mass is 35.5. The van der Waals surface area contributed by atoms with Gasteiger partial charge in [-0.25, -0.2) is 0 Å². The summed E-state index contributed by atoms with van der Waals surface area (Å²) in [4.78, 5) is 0. The molecule has 0 radical (unpaired) electrons. The van der Waals surface area contributed by atoms with Crippen molar-refractivity contribution in [1.82, 2.24) is 0 Å². The summed E-state index contributed by atoms with van der Waals surface area (Å²) in [6.07, 6.45) is 7.58. The Hall–Kier alpha value is 1.20. The van der Waals surface area contributed by atoms with Gasteiger partial charge in [0.05, 0.1) is 0 Å². The van der Waals surface area contributed by atoms with Crippen molar-refractivity contribution in [1.29, 1.82) is 0 Å². The maximum absolute atomic E-state index is 5.42. The van der Waals surface area contributed by atoms with Crippen molar-refractivity contribution in [3.05, 3.63) is 0 Å². The molecule has 4 N–H and O–H groups in total. The van der Waals surface area contributed by atoms with E-state index in [1.165, 1.54) is 50.0 Å². The van der Waals surface area contributed by atoms with E-state index in [1.54, 1.807) is 0 Å². The molecule has 0 unspecified atom stereocenters. The molecule has 0 rings (SSSR count). The van der Waals surface area contributed by atoms with Crippen LogP contribution in [0.4, 0.5) is 0 Å². The van der Waals surface area contributed by atoms with Gasteiger partial charge in [-0.15, -0.1) is 24.8 Å². The van der Waals surface area contributed by atoms with Gasteiger partial charge in [0, 0.05) is 11.5 Å². The summed E-state index contributed by atoms with van der Waals surface area (Å²) in [6, 6.07) is 0. The monoisotopic (exact) mass is 308 g/mol. The summed E-state index contributed by atoms with van der Waals surface area (Å²) in [5.41, 5.74) is 10.8. The van der Waals surface area contributed by atoms with Crippen molar-refractivity contribution >= 4 is 46.4 Å². The molecule has 0 aliphatic rings. The summed E-state index contributed by atoms with van der Waals surface area (Å²) in [5.74, 6) is 2.56. The van der Waals surface area contributed by atoms with Gasteiger partial charge in [0.15, 0.2) is 0 Å². The molecule has 0 heterocycles. The average molecular weight is 309 g/mol. The van der Waals surface area contributed by atoms with Crippen molar-refractivity contribution in [3.63, 3.8) is 0 Å². The van der Waals surface area contributed by atoms with Gasteiger partial charge in [-0.05, 0) is 38.8 Å². The van der Waals surface area contributed by atoms with Crippen LogP contribution in [0, 0.1) is 0 Å². The van der Waals surface area contributed by atoms with Crippen molar-refractivity contribution in [2.75, 3.05) is 24.6 Å². The average Bonchev–Trinajstić information content (AvgIpc) is 2.21. The second-order valence-corrected chi connectivity index (χ2v) is 6.04. The summed E-state index contributed by atoms with van der Waals surface area (Å²) < 4.78 is 0. The van der Waals surface area contributed by atoms with Crippen molar-refractivity contribution in [2.24, 2.45) is 11.5 Å². The first-order chi connectivity index (χ1) is 6.91. The zero-order valence-electron chi connectivity index (χ0n) is 9.86. The SMILES string of the molecule is Cl.Cl.NCCCCCSSCCCCCN. The lowest BCUT2D eigenvalue weighted by atomic mass is 10.2. The van der Waals surface area contributed by atoms with Gasteiger partial charge in [0.25, 0.3) is 0 Å². The number of hydrogen-bond donors (Lipinski definition) is 2. The first kappa shape index (κ1) is 22.4. The summed E-state index contributed by atoms with van der Waals surface area (Å²) in [7, 11) is 4.01. The van der Waals surface area contributed by atoms with E-state index in [4.69, 9.17) is 11.5 Å². The Balaban J connectivity index is -0.000000845. The van der Waals surface area contributed by atoms with E-state index in [9.17, 15) is 0 Å². The first-order valence-corrected chi connectivity index (χ1v) is 8.05. The molecule has 0 aromatic carbocycles. The van der Waals surface area contributed by atoms with Gasteiger partial charge < -0.3 is 11.5 Å². The van der Waals surface area contributed by atoms with Crippen molar-refractivity contribution in [2.45, 2.75) is 38.5 Å². The third kappa shape index (κ3) is 20.6. The highest BCUT2D eigenvalue weighted by Crippen LogP contribution is 2.23. The molecule has 6 heteroatoms. The molecule has 0 amide bonds. The van der Waals surface area contributed by atoms with Crippen molar-refractivity contribution in [3.8, 4) is 0 Å². The molecule has 0 aliphatic heterocycles. The van der Waals surface area contributed by atoms with Gasteiger partial charge in [-0.3, -0.25) is 0 Å². The Morgan fingerprint density at radius 3 is 1.25 bits per heavy atom. The lowest BCUT2D eigenvalue weighted by molar-refractivity contribution is 0.732. The highest BCUT2D eigenvalue weighted by Gasteiger charge is 1.92. The highest BCUT2D eigenvalue weighted by molar-refractivity contribution is 8.76. The number of unbranched alkanes of at least 4 members (excludes halogenated alkanes) is 4. The Morgan fingerprint density at radius 1 is 0.562 bits per heavy atom. The number of rotatable bonds is 11. The molecule has 0 spiro atoms. The second-order valence-electron chi connectivity index (χ2n) is 3.34. The largest absolute Gasteiger partial charge is 0.330 e. The number of nitrogens with two attached hydrogens (primary N) is 2. The minimum absolute atomic E-state index is 0. The van der Waals surface area contributed by atoms with Crippen LogP contribution in [0.1, 0.15) is 38.5 Å². The van der Waals surface area contributed by atoms with Crippen LogP contribution in [0.15, 0.2) is 0 Å². The van der Waals surface area contributed by atoms with E-state index < -0.39 is 0 Å². The van der Waals surface area contributed by atoms with Crippen LogP contribution in [0.25, 0.3) is 0 Å². The summed E-state index contributed by atoms with van der Waals surface area (Å²) in [5, 5.41) is 0. The van der Waals surface area contributed by atoms with E-state index in [1.807, 2.05) is 21.6 Å². The minimum Gasteiger partial charge on any atom is -0.330 e. The molecule has 2 nitrogen and oxygen atoms in total. The molecule has 0 atom stereocenters. The zero-order valence-corrected chi connectivity index (χ0v) is 13.1. The fourth-order valence-corrected chi connectivity index (χ4v) is 3.38. The summed E-state index contributed by atoms with van der Waals surface area (Å²) >= 11 is 0. The van der Waals surface area contributed by atoms with Crippen LogP contribution >= 0.6 is 46.4 Å². The number of hydrogen-bond acceptors (Lipinski definition) is 4. The lowest BCUT2D eigenvalue weighted by Crippen LogP contribution is -1.98. The number of halogens is 2. The van der Waals surface area contributed by atoms with Gasteiger partial charge in [-0.1, -0.05) is 34.4 Å². The molecular weight excluding hydrogens is 283 g/mol. The van der Waals surface area contributed by atoms with E-state index in [2.05, 4.69) is 0 Å². The predicted octanol–water partition coefficient (Wildman–Crippen LogP) is 3.47. The van der Waals surface area contributed by atoms with E-state index in [0.717, 1.165) is 13.1 Å². The van der Waals surface area contributed by atoms with Crippen LogP contribution in [-0.2, 0) is 0 Å². The third-order valence-electron chi connectivity index (χ3n) is 1.95. The van der Waals surface area contributed by atoms with Gasteiger partial charge in [0.1, 0.15) is 0 Å². The fourth-order valence-electron chi connectivity index (χ4n) is 1.08. The van der Waals surface area contributed by atoms with Crippen LogP contribution in [-0.4, -0.2) is 24.6 Å². The van der Waals surface area contributed by atoms with Gasteiger partial charge >= 0.3 is 0 Å². The maximum atomic E-state index is 5.42. The fraction of sp³-hybridized carbons (Fsp3) is 1.00. The Bertz CT molecular complexity index is 98.8. The Morgan fingerprint density at radius 2 is 0.938 bits per heavy atom. The van der Waals surface area contributed by atoms with Gasteiger partial charge in [-0.2, -0.15) is 0 Å². The predicted molar refractivity (Wildman–Crippen MR) is 85.2 cm³/mol. The molecular formula is C10H26Cl2N2S2. The molecule has 0 fully saturated rings. The molecule has 0 aromatic rings. The molecule has 0 saturated carbocycles. The van der Waals surface area contributed by atoms with E-state index in [0.29, 0.717) is 0 Å². The smallest absolute Gasteiger partial charge is 0.00369 e. The molecule has 16 heavy (non-hydrogen) atoms. The molecule has 0 saturated heterocycles. The van der Waals surface area contributed by atoms with Crippen molar-refractivity contribution < 1.29 is 0 Å². The van der Waals surface area contributed by atoms with Gasteiger partial charge in [0.2, 0.25) is 0 Å². The van der Waals surface area contributed by atoms with Crippen LogP contribution < -0.4 is 11.5 Å². The topological polar surface area (TPSA) is 52.0 Å². The quantitative estimate of drug-likeness (QED) is 0.453. The van der Waals surface area contributed by atoms with Crippen LogP contribution in [0.3, 0.4) is 0 Å². The molecule has 0 aliphatic carbocycles. The van der Waals surface area contributed by atoms with Crippen LogP contribution in [0.2, 0.25) is 0 Å². The van der Waals surface area contributed by atoms with E-state index in [-0.39, 0.29) is 24.8 Å². The minimum atomic E-state index is 0.